The number of furan rings is 1. The quantitative estimate of drug-likeness (QED) is 0.557. The Bertz CT molecular complexity index is 964. The number of nitrogens with zero attached hydrogens (tertiary/aromatic N) is 1. The summed E-state index contributed by atoms with van der Waals surface area (Å²) < 4.78 is 16.4. The zero-order valence-electron chi connectivity index (χ0n) is 18.3. The topological polar surface area (TPSA) is 96.5 Å². The van der Waals surface area contributed by atoms with E-state index in [1.54, 1.807) is 24.3 Å². The maximum Gasteiger partial charge on any atom is 0.240 e. The zero-order chi connectivity index (χ0) is 22.5. The van der Waals surface area contributed by atoms with Crippen LogP contribution in [0, 0.1) is 0 Å². The molecule has 3 rings (SSSR count). The Labute approximate surface area is 181 Å². The van der Waals surface area contributed by atoms with Gasteiger partial charge in [0, 0.05) is 5.57 Å². The number of carbonyl (C=O) groups is 2. The lowest BCUT2D eigenvalue weighted by Gasteiger charge is -2.28. The molecule has 8 nitrogen and oxygen atoms in total. The third kappa shape index (κ3) is 4.59. The van der Waals surface area contributed by atoms with Crippen molar-refractivity contribution in [2.24, 2.45) is 0 Å². The summed E-state index contributed by atoms with van der Waals surface area (Å²) in [6.07, 6.45) is 2.20. The van der Waals surface area contributed by atoms with E-state index >= 15 is 0 Å². The summed E-state index contributed by atoms with van der Waals surface area (Å²) in [5.74, 6) is -1.01. The summed E-state index contributed by atoms with van der Waals surface area (Å²) in [4.78, 5) is 28.5. The van der Waals surface area contributed by atoms with Gasteiger partial charge in [0.25, 0.3) is 0 Å². The molecule has 1 N–H and O–H groups in total. The Hall–Kier alpha value is -3.26. The van der Waals surface area contributed by atoms with Crippen molar-refractivity contribution < 1.29 is 33.5 Å². The van der Waals surface area contributed by atoms with Gasteiger partial charge in [0.15, 0.2) is 17.3 Å². The number of hydrogen-bond acceptors (Lipinski definition) is 6. The van der Waals surface area contributed by atoms with Crippen LogP contribution in [0.15, 0.2) is 52.3 Å². The van der Waals surface area contributed by atoms with Crippen molar-refractivity contribution in [1.82, 2.24) is 4.90 Å². The number of carbonyl (C=O) groups excluding carboxylic acids is 2. The Morgan fingerprint density at radius 3 is 2.65 bits per heavy atom. The molecule has 31 heavy (non-hydrogen) atoms. The van der Waals surface area contributed by atoms with E-state index in [4.69, 9.17) is 13.9 Å². The van der Waals surface area contributed by atoms with Crippen molar-refractivity contribution in [1.29, 1.82) is 0 Å². The fourth-order valence-corrected chi connectivity index (χ4v) is 3.52. The summed E-state index contributed by atoms with van der Waals surface area (Å²) in [6, 6.07) is 7.44. The molecule has 166 valence electrons. The standard InChI is InChI=1S/C23H28N2O6/c1-5-12-30-16-9-8-15(14-18(16)29-4)20-19(21(26)17-7-6-13-31-17)22(27)23(28)25(20)11-10-24(2)3/h6-9,13-14,20,27H,5,10-12H2,1-4H3. The van der Waals surface area contributed by atoms with E-state index in [0.717, 1.165) is 11.3 Å². The largest absolute Gasteiger partial charge is 0.868 e. The smallest absolute Gasteiger partial charge is 0.240 e. The van der Waals surface area contributed by atoms with E-state index in [1.807, 2.05) is 21.0 Å². The molecule has 0 saturated heterocycles. The SMILES string of the molecule is CCCOc1ccc(C2C(C(=O)c3ccco3)=C([O-])C(=O)N2CC[NH+](C)C)cc1OC. The van der Waals surface area contributed by atoms with E-state index in [1.165, 1.54) is 24.3 Å². The van der Waals surface area contributed by atoms with Gasteiger partial charge >= 0.3 is 0 Å². The van der Waals surface area contributed by atoms with Crippen molar-refractivity contribution >= 4 is 11.7 Å². The van der Waals surface area contributed by atoms with Gasteiger partial charge in [0.1, 0.15) is 0 Å². The molecule has 0 spiro atoms. The normalized spacial score (nSPS) is 16.4. The number of rotatable bonds is 10. The predicted octanol–water partition coefficient (Wildman–Crippen LogP) is 0.602. The average Bonchev–Trinajstić information content (AvgIpc) is 3.38. The number of Topliss-reactive ketones (excluding diaryl/α,β-unsaturated/α-hetero) is 1. The first-order valence-corrected chi connectivity index (χ1v) is 10.3. The molecular weight excluding hydrogens is 400 g/mol. The number of ether oxygens (including phenoxy) is 2. The van der Waals surface area contributed by atoms with Gasteiger partial charge in [-0.25, -0.2) is 0 Å². The lowest BCUT2D eigenvalue weighted by molar-refractivity contribution is -0.857. The highest BCUT2D eigenvalue weighted by Gasteiger charge is 2.40. The van der Waals surface area contributed by atoms with Gasteiger partial charge in [-0.05, 0) is 42.0 Å². The first-order valence-electron chi connectivity index (χ1n) is 10.3. The molecule has 2 aromatic rings. The van der Waals surface area contributed by atoms with Crippen LogP contribution in [0.4, 0.5) is 0 Å². The number of likely N-dealkylation sites (N-methyl/N-ethyl adjacent to an activating group) is 1. The van der Waals surface area contributed by atoms with Crippen LogP contribution in [0.3, 0.4) is 0 Å². The molecule has 1 amide bonds. The summed E-state index contributed by atoms with van der Waals surface area (Å²) >= 11 is 0. The third-order valence-electron chi connectivity index (χ3n) is 5.09. The number of quaternary nitrogens is 1. The fourth-order valence-electron chi connectivity index (χ4n) is 3.52. The molecule has 1 aromatic heterocycles. The Balaban J connectivity index is 2.06. The molecule has 1 aromatic carbocycles. The first kappa shape index (κ1) is 22.4. The Morgan fingerprint density at radius 2 is 2.03 bits per heavy atom. The van der Waals surface area contributed by atoms with Crippen molar-refractivity contribution in [3.05, 3.63) is 59.3 Å². The maximum absolute atomic E-state index is 13.1. The average molecular weight is 428 g/mol. The van der Waals surface area contributed by atoms with Crippen LogP contribution in [0.1, 0.15) is 35.5 Å². The van der Waals surface area contributed by atoms with Crippen molar-refractivity contribution in [3.8, 4) is 11.5 Å². The minimum Gasteiger partial charge on any atom is -0.868 e. The number of benzene rings is 1. The van der Waals surface area contributed by atoms with Gasteiger partial charge in [-0.1, -0.05) is 13.0 Å². The van der Waals surface area contributed by atoms with Crippen LogP contribution in [0.2, 0.25) is 0 Å². The summed E-state index contributed by atoms with van der Waals surface area (Å²) in [5.41, 5.74) is 0.488. The van der Waals surface area contributed by atoms with E-state index in [0.29, 0.717) is 36.8 Å². The minimum absolute atomic E-state index is 0.0242. The second-order valence-corrected chi connectivity index (χ2v) is 7.67. The van der Waals surface area contributed by atoms with E-state index in [-0.39, 0.29) is 11.3 Å². The molecule has 2 heterocycles. The van der Waals surface area contributed by atoms with Gasteiger partial charge in [-0.3, -0.25) is 9.59 Å². The second kappa shape index (κ2) is 9.70. The van der Waals surface area contributed by atoms with Crippen molar-refractivity contribution in [2.45, 2.75) is 19.4 Å². The number of ketones is 1. The molecule has 0 fully saturated rings. The molecule has 0 radical (unpaired) electrons. The molecule has 1 atom stereocenters. The summed E-state index contributed by atoms with van der Waals surface area (Å²) in [5, 5.41) is 12.9. The lowest BCUT2D eigenvalue weighted by Crippen LogP contribution is -3.06. The number of methoxy groups -OCH3 is 1. The first-order chi connectivity index (χ1) is 14.9. The van der Waals surface area contributed by atoms with Crippen molar-refractivity contribution in [3.63, 3.8) is 0 Å². The zero-order valence-corrected chi connectivity index (χ0v) is 18.3. The second-order valence-electron chi connectivity index (χ2n) is 7.67. The third-order valence-corrected chi connectivity index (χ3v) is 5.09. The van der Waals surface area contributed by atoms with Gasteiger partial charge < -0.3 is 28.8 Å². The lowest BCUT2D eigenvalue weighted by atomic mass is 9.94. The molecule has 1 aliphatic rings. The Morgan fingerprint density at radius 1 is 1.26 bits per heavy atom. The van der Waals surface area contributed by atoms with E-state index in [2.05, 4.69) is 0 Å². The maximum atomic E-state index is 13.1. The summed E-state index contributed by atoms with van der Waals surface area (Å²) in [6.45, 7) is 3.47. The van der Waals surface area contributed by atoms with Crippen molar-refractivity contribution in [2.75, 3.05) is 40.9 Å². The fraction of sp³-hybridized carbons (Fsp3) is 0.391. The molecule has 1 aliphatic heterocycles. The van der Waals surface area contributed by atoms with Crippen LogP contribution < -0.4 is 19.5 Å². The highest BCUT2D eigenvalue weighted by atomic mass is 16.5. The minimum atomic E-state index is -0.828. The summed E-state index contributed by atoms with van der Waals surface area (Å²) in [7, 11) is 5.44. The van der Waals surface area contributed by atoms with Gasteiger partial charge in [-0.2, -0.15) is 0 Å². The number of hydrogen-bond donors (Lipinski definition) is 1. The van der Waals surface area contributed by atoms with Crippen LogP contribution >= 0.6 is 0 Å². The van der Waals surface area contributed by atoms with E-state index < -0.39 is 23.5 Å². The highest BCUT2D eigenvalue weighted by molar-refractivity contribution is 6.14. The van der Waals surface area contributed by atoms with Crippen LogP contribution in [0.5, 0.6) is 11.5 Å². The van der Waals surface area contributed by atoms with Gasteiger partial charge in [0.2, 0.25) is 11.7 Å². The molecule has 0 aliphatic carbocycles. The molecule has 0 bridgehead atoms. The highest BCUT2D eigenvalue weighted by Crippen LogP contribution is 2.40. The molecule has 8 heteroatoms. The van der Waals surface area contributed by atoms with Gasteiger partial charge in [-0.15, -0.1) is 0 Å². The molecule has 1 unspecified atom stereocenters. The van der Waals surface area contributed by atoms with Gasteiger partial charge in [0.05, 0.1) is 53.2 Å². The molecule has 0 saturated carbocycles. The van der Waals surface area contributed by atoms with Crippen LogP contribution in [0.25, 0.3) is 0 Å². The Kier molecular flexibility index (Phi) is 7.02. The van der Waals surface area contributed by atoms with E-state index in [9.17, 15) is 14.7 Å². The predicted molar refractivity (Wildman–Crippen MR) is 111 cm³/mol. The number of nitrogens with one attached hydrogen (secondary N) is 1. The molecular formula is C23H28N2O6. The monoisotopic (exact) mass is 428 g/mol. The van der Waals surface area contributed by atoms with Crippen LogP contribution in [-0.2, 0) is 4.79 Å². The number of amides is 1. The van der Waals surface area contributed by atoms with Crippen LogP contribution in [-0.4, -0.2) is 57.5 Å².